The highest BCUT2D eigenvalue weighted by atomic mass is 79.9. The molecule has 1 amide bonds. The van der Waals surface area contributed by atoms with Crippen LogP contribution in [0.25, 0.3) is 21.5 Å². The maximum atomic E-state index is 13.2. The summed E-state index contributed by atoms with van der Waals surface area (Å²) in [4.78, 5) is 18.9. The average molecular weight is 525 g/mol. The molecule has 0 unspecified atom stereocenters. The molecule has 4 aromatic rings. The number of aromatic nitrogens is 1. The van der Waals surface area contributed by atoms with Gasteiger partial charge in [-0.2, -0.15) is 0 Å². The number of nitrogens with one attached hydrogen (secondary N) is 1. The second-order valence-electron chi connectivity index (χ2n) is 7.33. The van der Waals surface area contributed by atoms with Gasteiger partial charge in [0.1, 0.15) is 0 Å². The lowest BCUT2D eigenvalue weighted by atomic mass is 10.1. The van der Waals surface area contributed by atoms with Crippen LogP contribution in [0.5, 0.6) is 11.5 Å². The van der Waals surface area contributed by atoms with Crippen LogP contribution in [0.3, 0.4) is 0 Å². The first-order chi connectivity index (χ1) is 16.1. The predicted molar refractivity (Wildman–Crippen MR) is 138 cm³/mol. The van der Waals surface area contributed by atoms with E-state index in [2.05, 4.69) is 21.2 Å². The van der Waals surface area contributed by atoms with Crippen LogP contribution in [0.15, 0.2) is 64.5 Å². The summed E-state index contributed by atoms with van der Waals surface area (Å²) in [5, 5.41) is 3.91. The highest BCUT2D eigenvalue weighted by Gasteiger charge is 2.15. The zero-order chi connectivity index (χ0) is 23.2. The molecule has 0 fully saturated rings. The van der Waals surface area contributed by atoms with E-state index in [0.29, 0.717) is 31.7 Å². The molecular formula is C26H25BrN2O3S. The van der Waals surface area contributed by atoms with Gasteiger partial charge in [0.25, 0.3) is 5.91 Å². The first-order valence-corrected chi connectivity index (χ1v) is 12.5. The molecule has 0 aliphatic rings. The number of carbonyl (C=O) groups is 1. The topological polar surface area (TPSA) is 60.5 Å². The molecule has 0 radical (unpaired) electrons. The Balaban J connectivity index is 1.52. The Kier molecular flexibility index (Phi) is 7.62. The van der Waals surface area contributed by atoms with E-state index in [-0.39, 0.29) is 5.91 Å². The quantitative estimate of drug-likeness (QED) is 0.271. The van der Waals surface area contributed by atoms with Crippen molar-refractivity contribution in [2.75, 3.05) is 19.8 Å². The molecule has 4 rings (SSSR count). The van der Waals surface area contributed by atoms with Crippen molar-refractivity contribution >= 4 is 44.1 Å². The van der Waals surface area contributed by atoms with Gasteiger partial charge in [-0.25, -0.2) is 4.98 Å². The Morgan fingerprint density at radius 3 is 2.55 bits per heavy atom. The van der Waals surface area contributed by atoms with Gasteiger partial charge in [0, 0.05) is 11.9 Å². The van der Waals surface area contributed by atoms with Gasteiger partial charge in [-0.05, 0) is 78.2 Å². The largest absolute Gasteiger partial charge is 0.490 e. The van der Waals surface area contributed by atoms with Gasteiger partial charge in [-0.3, -0.25) is 4.79 Å². The summed E-state index contributed by atoms with van der Waals surface area (Å²) < 4.78 is 12.4. The van der Waals surface area contributed by atoms with Gasteiger partial charge in [-0.15, -0.1) is 11.3 Å². The number of ether oxygens (including phenoxy) is 2. The molecule has 0 atom stereocenters. The van der Waals surface area contributed by atoms with Crippen molar-refractivity contribution in [3.63, 3.8) is 0 Å². The van der Waals surface area contributed by atoms with Gasteiger partial charge in [-0.1, -0.05) is 24.3 Å². The molecule has 1 N–H and O–H groups in total. The predicted octanol–water partition coefficient (Wildman–Crippen LogP) is 6.50. The number of rotatable bonds is 9. The summed E-state index contributed by atoms with van der Waals surface area (Å²) in [5.41, 5.74) is 3.30. The van der Waals surface area contributed by atoms with Crippen molar-refractivity contribution < 1.29 is 14.3 Å². The monoisotopic (exact) mass is 524 g/mol. The van der Waals surface area contributed by atoms with Gasteiger partial charge in [0.05, 0.1) is 38.7 Å². The summed E-state index contributed by atoms with van der Waals surface area (Å²) in [6.07, 6.45) is 0.686. The van der Waals surface area contributed by atoms with E-state index in [1.54, 1.807) is 11.3 Å². The third kappa shape index (κ3) is 5.54. The Labute approximate surface area is 205 Å². The molecule has 2 aromatic carbocycles. The minimum absolute atomic E-state index is 0.110. The number of hydrogen-bond acceptors (Lipinski definition) is 5. The first-order valence-electron chi connectivity index (χ1n) is 10.9. The molecule has 170 valence electrons. The van der Waals surface area contributed by atoms with Gasteiger partial charge >= 0.3 is 0 Å². The maximum Gasteiger partial charge on any atom is 0.252 e. The molecule has 2 heterocycles. The lowest BCUT2D eigenvalue weighted by molar-refractivity contribution is 0.0955. The highest BCUT2D eigenvalue weighted by molar-refractivity contribution is 9.11. The van der Waals surface area contributed by atoms with Gasteiger partial charge < -0.3 is 14.8 Å². The van der Waals surface area contributed by atoms with Crippen molar-refractivity contribution in [3.8, 4) is 22.1 Å². The van der Waals surface area contributed by atoms with Crippen LogP contribution in [0.2, 0.25) is 0 Å². The molecule has 7 heteroatoms. The first kappa shape index (κ1) is 23.3. The van der Waals surface area contributed by atoms with E-state index in [1.807, 2.05) is 74.5 Å². The highest BCUT2D eigenvalue weighted by Crippen LogP contribution is 2.32. The molecule has 0 saturated heterocycles. The number of halogens is 1. The van der Waals surface area contributed by atoms with Crippen LogP contribution in [0.4, 0.5) is 0 Å². The van der Waals surface area contributed by atoms with Crippen molar-refractivity contribution in [2.24, 2.45) is 0 Å². The lowest BCUT2D eigenvalue weighted by Crippen LogP contribution is -2.26. The molecule has 0 spiro atoms. The lowest BCUT2D eigenvalue weighted by Gasteiger charge is -2.13. The number of thiophene rings is 1. The Bertz CT molecular complexity index is 1270. The number of carbonyl (C=O) groups excluding carboxylic acids is 1. The maximum absolute atomic E-state index is 13.2. The number of benzene rings is 2. The smallest absolute Gasteiger partial charge is 0.252 e. The van der Waals surface area contributed by atoms with Crippen molar-refractivity contribution in [2.45, 2.75) is 20.3 Å². The van der Waals surface area contributed by atoms with Crippen LogP contribution in [0.1, 0.15) is 29.8 Å². The Hall–Kier alpha value is -2.90. The molecule has 0 bridgehead atoms. The summed E-state index contributed by atoms with van der Waals surface area (Å²) in [6, 6.07) is 19.5. The second kappa shape index (κ2) is 10.8. The van der Waals surface area contributed by atoms with E-state index >= 15 is 0 Å². The molecule has 0 aliphatic carbocycles. The second-order valence-corrected chi connectivity index (χ2v) is 9.79. The summed E-state index contributed by atoms with van der Waals surface area (Å²) in [5.74, 6) is 1.36. The van der Waals surface area contributed by atoms with Crippen LogP contribution in [-0.4, -0.2) is 30.6 Å². The molecule has 5 nitrogen and oxygen atoms in total. The van der Waals surface area contributed by atoms with Crippen molar-refractivity contribution in [1.82, 2.24) is 10.3 Å². The fraction of sp³-hybridized carbons (Fsp3) is 0.231. The Morgan fingerprint density at radius 2 is 1.79 bits per heavy atom. The standard InChI is InChI=1S/C26H25BrN2O3S/c1-3-31-22-10-9-17(15-23(22)32-4-2)13-14-28-26(30)19-16-21(24-11-12-25(27)33-24)29-20-8-6-5-7-18(19)20/h5-12,15-16H,3-4,13-14H2,1-2H3,(H,28,30). The third-order valence-electron chi connectivity index (χ3n) is 5.09. The van der Waals surface area contributed by atoms with Crippen molar-refractivity contribution in [3.05, 3.63) is 75.6 Å². The van der Waals surface area contributed by atoms with Gasteiger partial charge in [0.15, 0.2) is 11.5 Å². The number of pyridine rings is 1. The van der Waals surface area contributed by atoms with Gasteiger partial charge in [0.2, 0.25) is 0 Å². The summed E-state index contributed by atoms with van der Waals surface area (Å²) in [6.45, 7) is 5.56. The summed E-state index contributed by atoms with van der Waals surface area (Å²) >= 11 is 5.10. The molecule has 0 saturated carbocycles. The van der Waals surface area contributed by atoms with E-state index in [1.165, 1.54) is 0 Å². The number of para-hydroxylation sites is 1. The number of hydrogen-bond donors (Lipinski definition) is 1. The average Bonchev–Trinajstić information content (AvgIpc) is 3.26. The Morgan fingerprint density at radius 1 is 1.00 bits per heavy atom. The fourth-order valence-electron chi connectivity index (χ4n) is 3.61. The molecule has 0 aliphatic heterocycles. The zero-order valence-corrected chi connectivity index (χ0v) is 21.0. The number of fused-ring (bicyclic) bond motifs is 1. The van der Waals surface area contributed by atoms with Crippen LogP contribution in [0, 0.1) is 0 Å². The molecular weight excluding hydrogens is 500 g/mol. The van der Waals surface area contributed by atoms with Crippen LogP contribution in [-0.2, 0) is 6.42 Å². The van der Waals surface area contributed by atoms with E-state index < -0.39 is 0 Å². The fourth-order valence-corrected chi connectivity index (χ4v) is 4.95. The molecule has 2 aromatic heterocycles. The van der Waals surface area contributed by atoms with E-state index in [0.717, 1.165) is 42.3 Å². The van der Waals surface area contributed by atoms with E-state index in [4.69, 9.17) is 14.5 Å². The van der Waals surface area contributed by atoms with Crippen molar-refractivity contribution in [1.29, 1.82) is 0 Å². The van der Waals surface area contributed by atoms with E-state index in [9.17, 15) is 4.79 Å². The minimum Gasteiger partial charge on any atom is -0.490 e. The SMILES string of the molecule is CCOc1ccc(CCNC(=O)c2cc(-c3ccc(Br)s3)nc3ccccc23)cc1OCC. The van der Waals surface area contributed by atoms with Crippen LogP contribution >= 0.6 is 27.3 Å². The minimum atomic E-state index is -0.110. The van der Waals surface area contributed by atoms with Crippen LogP contribution < -0.4 is 14.8 Å². The summed E-state index contributed by atoms with van der Waals surface area (Å²) in [7, 11) is 0. The normalized spacial score (nSPS) is 10.9. The third-order valence-corrected chi connectivity index (χ3v) is 6.74. The molecule has 33 heavy (non-hydrogen) atoms. The zero-order valence-electron chi connectivity index (χ0n) is 18.6. The number of nitrogens with zero attached hydrogens (tertiary/aromatic N) is 1. The number of amides is 1.